The number of carboxylic acid groups (broad SMARTS) is 1. The monoisotopic (exact) mass is 459 g/mol. The van der Waals surface area contributed by atoms with Crippen LogP contribution in [0.2, 0.25) is 5.02 Å². The zero-order valence-electron chi connectivity index (χ0n) is 17.5. The Labute approximate surface area is 194 Å². The normalized spacial score (nSPS) is 10.5. The van der Waals surface area contributed by atoms with Crippen LogP contribution in [0.15, 0.2) is 85.3 Å². The first-order chi connectivity index (χ1) is 15.9. The molecule has 0 aliphatic heterocycles. The fraction of sp³-hybridized carbons (Fsp3) is 0.0400. The van der Waals surface area contributed by atoms with Crippen molar-refractivity contribution in [2.45, 2.75) is 0 Å². The van der Waals surface area contributed by atoms with Crippen LogP contribution >= 0.6 is 11.6 Å². The Morgan fingerprint density at radius 1 is 0.970 bits per heavy atom. The van der Waals surface area contributed by atoms with Crippen molar-refractivity contribution in [3.8, 4) is 11.5 Å². The molecule has 2 aromatic carbocycles. The van der Waals surface area contributed by atoms with Crippen LogP contribution in [0.1, 0.15) is 26.4 Å². The molecule has 0 aliphatic carbocycles. The maximum Gasteiger partial charge on any atom is 0.339 e. The molecule has 0 atom stereocenters. The summed E-state index contributed by atoms with van der Waals surface area (Å²) in [4.78, 5) is 34.8. The fourth-order valence-corrected chi connectivity index (χ4v) is 3.27. The van der Waals surface area contributed by atoms with Crippen LogP contribution in [-0.2, 0) is 0 Å². The molecule has 0 radical (unpaired) electrons. The van der Waals surface area contributed by atoms with Gasteiger partial charge in [0.15, 0.2) is 0 Å². The van der Waals surface area contributed by atoms with E-state index in [4.69, 9.17) is 16.3 Å². The maximum atomic E-state index is 12.9. The van der Waals surface area contributed by atoms with Crippen LogP contribution in [0.25, 0.3) is 0 Å². The van der Waals surface area contributed by atoms with Gasteiger partial charge in [0.05, 0.1) is 18.1 Å². The lowest BCUT2D eigenvalue weighted by Gasteiger charge is -2.19. The highest BCUT2D eigenvalue weighted by Crippen LogP contribution is 2.28. The Morgan fingerprint density at radius 3 is 2.36 bits per heavy atom. The van der Waals surface area contributed by atoms with E-state index in [1.165, 1.54) is 24.4 Å². The Hall–Kier alpha value is -4.23. The summed E-state index contributed by atoms with van der Waals surface area (Å²) in [6, 6.07) is 18.3. The first kappa shape index (κ1) is 22.0. The van der Waals surface area contributed by atoms with Gasteiger partial charge < -0.3 is 14.7 Å². The third-order valence-corrected chi connectivity index (χ3v) is 5.17. The first-order valence-electron chi connectivity index (χ1n) is 9.87. The van der Waals surface area contributed by atoms with E-state index in [1.807, 2.05) is 24.1 Å². The third kappa shape index (κ3) is 4.99. The quantitative estimate of drug-likeness (QED) is 0.358. The number of aromatic carboxylic acids is 1. The number of halogens is 1. The number of pyridine rings is 2. The van der Waals surface area contributed by atoms with E-state index in [-0.39, 0.29) is 22.6 Å². The van der Waals surface area contributed by atoms with Gasteiger partial charge in [-0.25, -0.2) is 4.79 Å². The molecule has 2 aromatic heterocycles. The number of hydrogen-bond donors (Lipinski definition) is 1. The number of anilines is 2. The van der Waals surface area contributed by atoms with Gasteiger partial charge in [-0.05, 0) is 66.7 Å². The molecule has 0 saturated carbocycles. The van der Waals surface area contributed by atoms with E-state index in [0.29, 0.717) is 10.8 Å². The minimum Gasteiger partial charge on any atom is -0.478 e. The number of nitrogens with zero attached hydrogens (tertiary/aromatic N) is 3. The number of carbonyl (C=O) groups excluding carboxylic acids is 1. The molecule has 164 valence electrons. The maximum absolute atomic E-state index is 12.9. The zero-order valence-corrected chi connectivity index (χ0v) is 18.2. The van der Waals surface area contributed by atoms with E-state index >= 15 is 0 Å². The van der Waals surface area contributed by atoms with Gasteiger partial charge in [-0.3, -0.25) is 14.8 Å². The molecule has 0 amide bonds. The number of aromatic nitrogens is 2. The summed E-state index contributed by atoms with van der Waals surface area (Å²) in [5.41, 5.74) is 1.94. The molecule has 0 bridgehead atoms. The van der Waals surface area contributed by atoms with Crippen molar-refractivity contribution in [1.29, 1.82) is 0 Å². The molecule has 33 heavy (non-hydrogen) atoms. The highest BCUT2D eigenvalue weighted by Gasteiger charge is 2.18. The van der Waals surface area contributed by atoms with Gasteiger partial charge in [-0.2, -0.15) is 0 Å². The number of ether oxygens (including phenoxy) is 1. The Balaban J connectivity index is 1.56. The number of carboxylic acids is 1. The number of ketones is 1. The summed E-state index contributed by atoms with van der Waals surface area (Å²) in [5.74, 6) is -1.11. The van der Waals surface area contributed by atoms with Crippen LogP contribution in [0.3, 0.4) is 0 Å². The Morgan fingerprint density at radius 2 is 1.73 bits per heavy atom. The molecule has 7 nitrogen and oxygen atoms in total. The van der Waals surface area contributed by atoms with E-state index < -0.39 is 11.8 Å². The predicted molar refractivity (Wildman–Crippen MR) is 125 cm³/mol. The molecule has 1 N–H and O–H groups in total. The summed E-state index contributed by atoms with van der Waals surface area (Å²) in [6.07, 6.45) is 4.63. The second-order valence-electron chi connectivity index (χ2n) is 7.07. The minimum atomic E-state index is -1.21. The molecule has 8 heteroatoms. The second-order valence-corrected chi connectivity index (χ2v) is 7.51. The first-order valence-corrected chi connectivity index (χ1v) is 10.3. The summed E-state index contributed by atoms with van der Waals surface area (Å²) in [7, 11) is 1.88. The Kier molecular flexibility index (Phi) is 6.33. The minimum absolute atomic E-state index is 0.111. The summed E-state index contributed by atoms with van der Waals surface area (Å²) in [6.45, 7) is 0. The standard InChI is InChI=1S/C25H18ClN3O4/c1-29(18-7-5-17(26)6-8-18)19-9-10-22(28-14-19)24(30)16-4-11-23(21(13-16)25(31)32)33-20-3-2-12-27-15-20/h2-15H,1H3,(H,31,32). The predicted octanol–water partition coefficient (Wildman–Crippen LogP) is 5.62. The van der Waals surface area contributed by atoms with E-state index in [9.17, 15) is 14.7 Å². The molecule has 2 heterocycles. The fourth-order valence-electron chi connectivity index (χ4n) is 3.14. The molecule has 0 aliphatic rings. The van der Waals surface area contributed by atoms with Crippen molar-refractivity contribution in [2.24, 2.45) is 0 Å². The van der Waals surface area contributed by atoms with Gasteiger partial charge in [-0.15, -0.1) is 0 Å². The number of carbonyl (C=O) groups is 2. The smallest absolute Gasteiger partial charge is 0.339 e. The van der Waals surface area contributed by atoms with Crippen molar-refractivity contribution < 1.29 is 19.4 Å². The second kappa shape index (κ2) is 9.50. The van der Waals surface area contributed by atoms with Gasteiger partial charge in [0.1, 0.15) is 22.8 Å². The van der Waals surface area contributed by atoms with Gasteiger partial charge in [0.25, 0.3) is 0 Å². The van der Waals surface area contributed by atoms with Gasteiger partial charge in [0.2, 0.25) is 5.78 Å². The van der Waals surface area contributed by atoms with E-state index in [2.05, 4.69) is 9.97 Å². The number of benzene rings is 2. The SMILES string of the molecule is CN(c1ccc(Cl)cc1)c1ccc(C(=O)c2ccc(Oc3cccnc3)c(C(=O)O)c2)nc1. The lowest BCUT2D eigenvalue weighted by Crippen LogP contribution is -2.11. The highest BCUT2D eigenvalue weighted by atomic mass is 35.5. The number of rotatable bonds is 7. The summed E-state index contributed by atoms with van der Waals surface area (Å²) in [5, 5.41) is 10.2. The summed E-state index contributed by atoms with van der Waals surface area (Å²) < 4.78 is 5.62. The lowest BCUT2D eigenvalue weighted by molar-refractivity contribution is 0.0694. The van der Waals surface area contributed by atoms with Crippen molar-refractivity contribution in [1.82, 2.24) is 9.97 Å². The average Bonchev–Trinajstić information content (AvgIpc) is 2.84. The highest BCUT2D eigenvalue weighted by molar-refractivity contribution is 6.30. The Bertz CT molecular complexity index is 1290. The van der Waals surface area contributed by atoms with Crippen LogP contribution in [0.5, 0.6) is 11.5 Å². The van der Waals surface area contributed by atoms with Crippen LogP contribution in [-0.4, -0.2) is 33.9 Å². The molecule has 4 rings (SSSR count). The van der Waals surface area contributed by atoms with E-state index in [1.54, 1.807) is 48.8 Å². The molecule has 0 spiro atoms. The van der Waals surface area contributed by atoms with Gasteiger partial charge in [-0.1, -0.05) is 11.6 Å². The van der Waals surface area contributed by atoms with Crippen molar-refractivity contribution in [3.05, 3.63) is 107 Å². The molecule has 0 saturated heterocycles. The molecular formula is C25H18ClN3O4. The lowest BCUT2D eigenvalue weighted by atomic mass is 10.0. The zero-order chi connectivity index (χ0) is 23.4. The molecule has 0 fully saturated rings. The number of hydrogen-bond acceptors (Lipinski definition) is 6. The molecule has 0 unspecified atom stereocenters. The largest absolute Gasteiger partial charge is 0.478 e. The van der Waals surface area contributed by atoms with Crippen molar-refractivity contribution in [2.75, 3.05) is 11.9 Å². The van der Waals surface area contributed by atoms with Crippen LogP contribution in [0.4, 0.5) is 11.4 Å². The van der Waals surface area contributed by atoms with E-state index in [0.717, 1.165) is 11.4 Å². The van der Waals surface area contributed by atoms with Crippen LogP contribution < -0.4 is 9.64 Å². The summed E-state index contributed by atoms with van der Waals surface area (Å²) >= 11 is 5.94. The van der Waals surface area contributed by atoms with Gasteiger partial charge in [0, 0.05) is 29.5 Å². The van der Waals surface area contributed by atoms with Gasteiger partial charge >= 0.3 is 5.97 Å². The van der Waals surface area contributed by atoms with Crippen LogP contribution in [0, 0.1) is 0 Å². The van der Waals surface area contributed by atoms with Crippen molar-refractivity contribution in [3.63, 3.8) is 0 Å². The molecular weight excluding hydrogens is 442 g/mol. The topological polar surface area (TPSA) is 92.6 Å². The third-order valence-electron chi connectivity index (χ3n) is 4.92. The van der Waals surface area contributed by atoms with Crippen molar-refractivity contribution >= 4 is 34.7 Å². The average molecular weight is 460 g/mol. The molecule has 4 aromatic rings.